The summed E-state index contributed by atoms with van der Waals surface area (Å²) in [4.78, 5) is 12.1. The van der Waals surface area contributed by atoms with Gasteiger partial charge in [-0.05, 0) is 30.2 Å². The molecule has 2 aromatic carbocycles. The van der Waals surface area contributed by atoms with Gasteiger partial charge in [-0.3, -0.25) is 9.89 Å². The van der Waals surface area contributed by atoms with Crippen molar-refractivity contribution in [3.05, 3.63) is 71.4 Å². The van der Waals surface area contributed by atoms with E-state index in [1.807, 2.05) is 24.3 Å². The molecule has 0 spiro atoms. The number of nitrogens with one attached hydrogen (secondary N) is 2. The lowest BCUT2D eigenvalue weighted by Gasteiger charge is -1.99. The van der Waals surface area contributed by atoms with Crippen LogP contribution in [0.2, 0.25) is 0 Å². The fourth-order valence-electron chi connectivity index (χ4n) is 2.31. The molecule has 3 N–H and O–H groups in total. The molecule has 1 heterocycles. The van der Waals surface area contributed by atoms with E-state index in [1.54, 1.807) is 30.3 Å². The van der Waals surface area contributed by atoms with Gasteiger partial charge in [0.15, 0.2) is 0 Å². The quantitative estimate of drug-likeness (QED) is 0.494. The maximum absolute atomic E-state index is 12.1. The minimum absolute atomic E-state index is 0.0971. The molecule has 0 aliphatic rings. The lowest BCUT2D eigenvalue weighted by Crippen LogP contribution is -2.18. The molecule has 1 amide bonds. The topological polar surface area (TPSA) is 90.4 Å². The average molecular weight is 334 g/mol. The number of hydrogen-bond acceptors (Lipinski definition) is 4. The molecule has 126 valence electrons. The Morgan fingerprint density at radius 3 is 2.72 bits per heavy atom. The average Bonchev–Trinajstić information content (AvgIpc) is 3.13. The number of para-hydroxylation sites is 1. The summed E-state index contributed by atoms with van der Waals surface area (Å²) in [5.74, 6) is -0.310. The summed E-state index contributed by atoms with van der Waals surface area (Å²) >= 11 is 0. The lowest BCUT2D eigenvalue weighted by molar-refractivity contribution is 0.0950. The van der Waals surface area contributed by atoms with Gasteiger partial charge in [0, 0.05) is 11.1 Å². The molecule has 0 saturated carbocycles. The number of amides is 1. The van der Waals surface area contributed by atoms with Gasteiger partial charge >= 0.3 is 0 Å². The molecule has 0 aliphatic carbocycles. The first kappa shape index (κ1) is 16.4. The zero-order chi connectivity index (χ0) is 17.6. The Morgan fingerprint density at radius 1 is 1.24 bits per heavy atom. The van der Waals surface area contributed by atoms with Crippen molar-refractivity contribution in [2.45, 2.75) is 13.3 Å². The fraction of sp³-hybridized carbons (Fsp3) is 0.105. The Morgan fingerprint density at radius 2 is 2.00 bits per heavy atom. The summed E-state index contributed by atoms with van der Waals surface area (Å²) in [6, 6.07) is 16.4. The Labute approximate surface area is 145 Å². The number of rotatable bonds is 5. The molecule has 0 fully saturated rings. The molecule has 6 heteroatoms. The molecule has 0 saturated heterocycles. The highest BCUT2D eigenvalue weighted by atomic mass is 16.3. The summed E-state index contributed by atoms with van der Waals surface area (Å²) in [5.41, 5.74) is 6.11. The van der Waals surface area contributed by atoms with Gasteiger partial charge in [-0.2, -0.15) is 10.2 Å². The van der Waals surface area contributed by atoms with Gasteiger partial charge in [0.1, 0.15) is 11.4 Å². The van der Waals surface area contributed by atoms with Crippen molar-refractivity contribution < 1.29 is 9.90 Å². The van der Waals surface area contributed by atoms with Crippen LogP contribution in [0.4, 0.5) is 0 Å². The molecular formula is C19H18N4O2. The van der Waals surface area contributed by atoms with Crippen LogP contribution < -0.4 is 5.43 Å². The van der Waals surface area contributed by atoms with Crippen molar-refractivity contribution in [1.29, 1.82) is 0 Å². The van der Waals surface area contributed by atoms with E-state index in [2.05, 4.69) is 27.6 Å². The summed E-state index contributed by atoms with van der Waals surface area (Å²) < 4.78 is 0. The van der Waals surface area contributed by atoms with E-state index in [0.29, 0.717) is 17.0 Å². The van der Waals surface area contributed by atoms with Crippen molar-refractivity contribution in [1.82, 2.24) is 15.6 Å². The second-order valence-corrected chi connectivity index (χ2v) is 5.48. The Kier molecular flexibility index (Phi) is 4.89. The third-order valence-corrected chi connectivity index (χ3v) is 3.79. The zero-order valence-electron chi connectivity index (χ0n) is 13.7. The number of H-pyrrole nitrogens is 1. The molecule has 25 heavy (non-hydrogen) atoms. The molecular weight excluding hydrogens is 316 g/mol. The van der Waals surface area contributed by atoms with Crippen LogP contribution in [-0.4, -0.2) is 27.4 Å². The van der Waals surface area contributed by atoms with E-state index >= 15 is 0 Å². The Balaban J connectivity index is 1.67. The first-order valence-corrected chi connectivity index (χ1v) is 7.93. The number of aromatic amines is 1. The summed E-state index contributed by atoms with van der Waals surface area (Å²) in [5, 5.41) is 20.4. The largest absolute Gasteiger partial charge is 0.507 e. The van der Waals surface area contributed by atoms with Crippen molar-refractivity contribution in [2.24, 2.45) is 5.10 Å². The van der Waals surface area contributed by atoms with Gasteiger partial charge in [0.25, 0.3) is 5.91 Å². The summed E-state index contributed by atoms with van der Waals surface area (Å²) in [6.07, 6.45) is 2.36. The molecule has 3 aromatic rings. The number of phenols is 1. The van der Waals surface area contributed by atoms with E-state index in [0.717, 1.165) is 12.0 Å². The number of carbonyl (C=O) groups is 1. The molecule has 6 nitrogen and oxygen atoms in total. The predicted molar refractivity (Wildman–Crippen MR) is 96.6 cm³/mol. The van der Waals surface area contributed by atoms with E-state index in [4.69, 9.17) is 0 Å². The van der Waals surface area contributed by atoms with Crippen LogP contribution in [0.25, 0.3) is 11.3 Å². The summed E-state index contributed by atoms with van der Waals surface area (Å²) in [6.45, 7) is 2.10. The van der Waals surface area contributed by atoms with E-state index in [1.165, 1.54) is 11.8 Å². The number of phenolic OH excluding ortho intramolecular Hbond substituents is 1. The first-order chi connectivity index (χ1) is 12.2. The van der Waals surface area contributed by atoms with Crippen LogP contribution >= 0.6 is 0 Å². The van der Waals surface area contributed by atoms with Gasteiger partial charge in [-0.25, -0.2) is 5.43 Å². The van der Waals surface area contributed by atoms with Gasteiger partial charge in [-0.15, -0.1) is 0 Å². The number of aromatic nitrogens is 2. The standard InChI is InChI=1S/C19H18N4O2/c1-2-13-7-9-14(10-8-13)16-11-17(22-21-16)19(25)23-20-12-15-5-3-4-6-18(15)24/h3-12,24H,2H2,1H3,(H,21,22)(H,23,25)/b20-12-. The second kappa shape index (κ2) is 7.44. The number of nitrogens with zero attached hydrogens (tertiary/aromatic N) is 2. The van der Waals surface area contributed by atoms with Crippen molar-refractivity contribution >= 4 is 12.1 Å². The molecule has 0 unspecified atom stereocenters. The molecule has 1 aromatic heterocycles. The first-order valence-electron chi connectivity index (χ1n) is 7.93. The van der Waals surface area contributed by atoms with Gasteiger partial charge in [0.05, 0.1) is 11.9 Å². The highest BCUT2D eigenvalue weighted by Gasteiger charge is 2.10. The predicted octanol–water partition coefficient (Wildman–Crippen LogP) is 3.11. The molecule has 0 aliphatic heterocycles. The van der Waals surface area contributed by atoms with Gasteiger partial charge in [0.2, 0.25) is 0 Å². The maximum Gasteiger partial charge on any atom is 0.289 e. The number of carbonyl (C=O) groups excluding carboxylic acids is 1. The van der Waals surface area contributed by atoms with Crippen molar-refractivity contribution in [2.75, 3.05) is 0 Å². The number of benzene rings is 2. The van der Waals surface area contributed by atoms with E-state index in [9.17, 15) is 9.90 Å². The Bertz CT molecular complexity index is 898. The van der Waals surface area contributed by atoms with E-state index in [-0.39, 0.29) is 5.75 Å². The number of hydrogen-bond donors (Lipinski definition) is 3. The molecule has 0 radical (unpaired) electrons. The lowest BCUT2D eigenvalue weighted by atomic mass is 10.1. The van der Waals surface area contributed by atoms with Crippen LogP contribution in [0.3, 0.4) is 0 Å². The third-order valence-electron chi connectivity index (χ3n) is 3.79. The second-order valence-electron chi connectivity index (χ2n) is 5.48. The van der Waals surface area contributed by atoms with Gasteiger partial charge < -0.3 is 5.11 Å². The van der Waals surface area contributed by atoms with Crippen molar-refractivity contribution in [3.8, 4) is 17.0 Å². The Hall–Kier alpha value is -3.41. The van der Waals surface area contributed by atoms with Crippen molar-refractivity contribution in [3.63, 3.8) is 0 Å². The van der Waals surface area contributed by atoms with Crippen LogP contribution in [0, 0.1) is 0 Å². The third kappa shape index (κ3) is 3.92. The fourth-order valence-corrected chi connectivity index (χ4v) is 2.31. The smallest absolute Gasteiger partial charge is 0.289 e. The van der Waals surface area contributed by atoms with Crippen LogP contribution in [0.1, 0.15) is 28.5 Å². The number of aryl methyl sites for hydroxylation is 1. The highest BCUT2D eigenvalue weighted by Crippen LogP contribution is 2.18. The monoisotopic (exact) mass is 334 g/mol. The van der Waals surface area contributed by atoms with Crippen LogP contribution in [-0.2, 0) is 6.42 Å². The SMILES string of the molecule is CCc1ccc(-c2cc(C(=O)N/N=C\c3ccccc3O)[nH]n2)cc1. The molecule has 0 atom stereocenters. The maximum atomic E-state index is 12.1. The van der Waals surface area contributed by atoms with Crippen LogP contribution in [0.5, 0.6) is 5.75 Å². The van der Waals surface area contributed by atoms with Gasteiger partial charge in [-0.1, -0.05) is 43.3 Å². The minimum Gasteiger partial charge on any atom is -0.507 e. The zero-order valence-corrected chi connectivity index (χ0v) is 13.7. The summed E-state index contributed by atoms with van der Waals surface area (Å²) in [7, 11) is 0. The van der Waals surface area contributed by atoms with Crippen LogP contribution in [0.15, 0.2) is 59.7 Å². The molecule has 3 rings (SSSR count). The normalized spacial score (nSPS) is 10.9. The minimum atomic E-state index is -0.407. The number of hydrazone groups is 1. The molecule has 0 bridgehead atoms. The highest BCUT2D eigenvalue weighted by molar-refractivity contribution is 5.94. The number of aromatic hydroxyl groups is 1. The van der Waals surface area contributed by atoms with E-state index < -0.39 is 5.91 Å².